The summed E-state index contributed by atoms with van der Waals surface area (Å²) >= 11 is 5.94. The Hall–Kier alpha value is -1.14. The van der Waals surface area contributed by atoms with Gasteiger partial charge in [-0.15, -0.1) is 0 Å². The van der Waals surface area contributed by atoms with E-state index in [1.54, 1.807) is 25.1 Å². The summed E-state index contributed by atoms with van der Waals surface area (Å²) in [5, 5.41) is 9.69. The molecule has 0 radical (unpaired) electrons. The highest BCUT2D eigenvalue weighted by atomic mass is 35.5. The molecule has 1 aromatic carbocycles. The molecule has 0 aromatic heterocycles. The minimum Gasteiger partial charge on any atom is -0.395 e. The molecule has 6 heteroatoms. The van der Waals surface area contributed by atoms with Crippen molar-refractivity contribution in [3.63, 3.8) is 0 Å². The second-order valence-electron chi connectivity index (χ2n) is 4.87. The number of hydrogen-bond acceptors (Lipinski definition) is 4. The molecule has 0 spiro atoms. The Morgan fingerprint density at radius 1 is 1.38 bits per heavy atom. The van der Waals surface area contributed by atoms with E-state index in [1.165, 1.54) is 0 Å². The van der Waals surface area contributed by atoms with E-state index in [4.69, 9.17) is 21.4 Å². The van der Waals surface area contributed by atoms with Crippen molar-refractivity contribution in [1.29, 1.82) is 0 Å². The van der Waals surface area contributed by atoms with Gasteiger partial charge in [0.1, 0.15) is 0 Å². The standard InChI is InChI=1S/C15H23ClN2O3/c1-17(11-13-4-3-5-14(16)10-13)15(20)12-18(6-8-19)7-9-21-2/h3-5,10,19H,6-9,11-12H2,1-2H3. The molecule has 1 rings (SSSR count). The van der Waals surface area contributed by atoms with Gasteiger partial charge in [-0.05, 0) is 17.7 Å². The van der Waals surface area contributed by atoms with Gasteiger partial charge in [0.25, 0.3) is 0 Å². The van der Waals surface area contributed by atoms with Gasteiger partial charge in [0.2, 0.25) is 5.91 Å². The molecule has 0 saturated heterocycles. The van der Waals surface area contributed by atoms with E-state index in [0.29, 0.717) is 31.3 Å². The monoisotopic (exact) mass is 314 g/mol. The molecule has 1 amide bonds. The summed E-state index contributed by atoms with van der Waals surface area (Å²) in [5.41, 5.74) is 0.990. The molecule has 1 N–H and O–H groups in total. The SMILES string of the molecule is COCCN(CCO)CC(=O)N(C)Cc1cccc(Cl)c1. The number of amides is 1. The smallest absolute Gasteiger partial charge is 0.236 e. The van der Waals surface area contributed by atoms with Crippen molar-refractivity contribution >= 4 is 17.5 Å². The summed E-state index contributed by atoms with van der Waals surface area (Å²) in [5.74, 6) is -0.000437. The van der Waals surface area contributed by atoms with Crippen molar-refractivity contribution in [3.05, 3.63) is 34.9 Å². The minimum atomic E-state index is -0.000437. The van der Waals surface area contributed by atoms with E-state index in [0.717, 1.165) is 5.56 Å². The summed E-state index contributed by atoms with van der Waals surface area (Å²) in [4.78, 5) is 15.7. The topological polar surface area (TPSA) is 53.0 Å². The van der Waals surface area contributed by atoms with Crippen LogP contribution >= 0.6 is 11.6 Å². The highest BCUT2D eigenvalue weighted by Gasteiger charge is 2.14. The highest BCUT2D eigenvalue weighted by molar-refractivity contribution is 6.30. The van der Waals surface area contributed by atoms with Gasteiger partial charge in [0.15, 0.2) is 0 Å². The predicted octanol–water partition coefficient (Wildman–Crippen LogP) is 1.24. The molecule has 21 heavy (non-hydrogen) atoms. The Morgan fingerprint density at radius 3 is 2.76 bits per heavy atom. The third-order valence-electron chi connectivity index (χ3n) is 3.12. The lowest BCUT2D eigenvalue weighted by Gasteiger charge is -2.24. The second-order valence-corrected chi connectivity index (χ2v) is 5.31. The van der Waals surface area contributed by atoms with Crippen LogP contribution in [0, 0.1) is 0 Å². The van der Waals surface area contributed by atoms with Crippen molar-refractivity contribution < 1.29 is 14.6 Å². The summed E-state index contributed by atoms with van der Waals surface area (Å²) in [7, 11) is 3.38. The first-order chi connectivity index (χ1) is 10.1. The molecular formula is C15H23ClN2O3. The van der Waals surface area contributed by atoms with Crippen molar-refractivity contribution in [2.24, 2.45) is 0 Å². The lowest BCUT2D eigenvalue weighted by Crippen LogP contribution is -2.40. The lowest BCUT2D eigenvalue weighted by atomic mass is 10.2. The highest BCUT2D eigenvalue weighted by Crippen LogP contribution is 2.12. The van der Waals surface area contributed by atoms with E-state index in [9.17, 15) is 4.79 Å². The first kappa shape index (κ1) is 17.9. The largest absolute Gasteiger partial charge is 0.395 e. The molecule has 5 nitrogen and oxygen atoms in total. The maximum atomic E-state index is 12.2. The second kappa shape index (κ2) is 9.73. The molecule has 1 aromatic rings. The first-order valence-corrected chi connectivity index (χ1v) is 7.25. The number of nitrogens with zero attached hydrogens (tertiary/aromatic N) is 2. The number of carbonyl (C=O) groups is 1. The summed E-state index contributed by atoms with van der Waals surface area (Å²) < 4.78 is 5.01. The Balaban J connectivity index is 2.52. The van der Waals surface area contributed by atoms with Crippen molar-refractivity contribution in [1.82, 2.24) is 9.80 Å². The van der Waals surface area contributed by atoms with Crippen LogP contribution in [0.3, 0.4) is 0 Å². The summed E-state index contributed by atoms with van der Waals surface area (Å²) in [6.07, 6.45) is 0. The third kappa shape index (κ3) is 6.91. The van der Waals surface area contributed by atoms with Crippen LogP contribution in [0.15, 0.2) is 24.3 Å². The fourth-order valence-corrected chi connectivity index (χ4v) is 2.15. The van der Waals surface area contributed by atoms with Gasteiger partial charge in [-0.2, -0.15) is 0 Å². The average Bonchev–Trinajstić information content (AvgIpc) is 2.44. The number of methoxy groups -OCH3 is 1. The van der Waals surface area contributed by atoms with Gasteiger partial charge in [0.05, 0.1) is 19.8 Å². The molecule has 0 aliphatic heterocycles. The molecule has 0 aliphatic rings. The van der Waals surface area contributed by atoms with Crippen LogP contribution in [0.25, 0.3) is 0 Å². The van der Waals surface area contributed by atoms with Gasteiger partial charge in [-0.3, -0.25) is 9.69 Å². The molecule has 0 atom stereocenters. The van der Waals surface area contributed by atoms with Crippen molar-refractivity contribution in [3.8, 4) is 0 Å². The number of halogens is 1. The zero-order valence-electron chi connectivity index (χ0n) is 12.6. The lowest BCUT2D eigenvalue weighted by molar-refractivity contribution is -0.131. The number of hydrogen-bond donors (Lipinski definition) is 1. The van der Waals surface area contributed by atoms with Gasteiger partial charge < -0.3 is 14.7 Å². The number of ether oxygens (including phenoxy) is 1. The van der Waals surface area contributed by atoms with Gasteiger partial charge in [-0.1, -0.05) is 23.7 Å². The first-order valence-electron chi connectivity index (χ1n) is 6.87. The van der Waals surface area contributed by atoms with Crippen LogP contribution in [0.5, 0.6) is 0 Å². The van der Waals surface area contributed by atoms with Crippen molar-refractivity contribution in [2.45, 2.75) is 6.54 Å². The Morgan fingerprint density at radius 2 is 2.14 bits per heavy atom. The predicted molar refractivity (Wildman–Crippen MR) is 83.3 cm³/mol. The van der Waals surface area contributed by atoms with Crippen LogP contribution < -0.4 is 0 Å². The molecule has 0 fully saturated rings. The van der Waals surface area contributed by atoms with E-state index in [-0.39, 0.29) is 19.1 Å². The number of carbonyl (C=O) groups excluding carboxylic acids is 1. The van der Waals surface area contributed by atoms with Crippen LogP contribution in [0.1, 0.15) is 5.56 Å². The third-order valence-corrected chi connectivity index (χ3v) is 3.36. The van der Waals surface area contributed by atoms with E-state index >= 15 is 0 Å². The van der Waals surface area contributed by atoms with Gasteiger partial charge >= 0.3 is 0 Å². The molecule has 0 bridgehead atoms. The Bertz CT molecular complexity index is 443. The van der Waals surface area contributed by atoms with Crippen molar-refractivity contribution in [2.75, 3.05) is 47.0 Å². The number of aliphatic hydroxyl groups is 1. The molecule has 0 heterocycles. The summed E-state index contributed by atoms with van der Waals surface area (Å²) in [6, 6.07) is 7.46. The molecular weight excluding hydrogens is 292 g/mol. The zero-order chi connectivity index (χ0) is 15.7. The normalized spacial score (nSPS) is 10.9. The number of likely N-dealkylation sites (N-methyl/N-ethyl adjacent to an activating group) is 1. The van der Waals surface area contributed by atoms with Gasteiger partial charge in [0, 0.05) is 38.8 Å². The van der Waals surface area contributed by atoms with E-state index in [2.05, 4.69) is 0 Å². The van der Waals surface area contributed by atoms with Gasteiger partial charge in [-0.25, -0.2) is 0 Å². The average molecular weight is 315 g/mol. The molecule has 118 valence electrons. The number of rotatable bonds is 9. The van der Waals surface area contributed by atoms with E-state index in [1.807, 2.05) is 23.1 Å². The number of benzene rings is 1. The maximum Gasteiger partial charge on any atom is 0.236 e. The Labute approximate surface area is 131 Å². The quantitative estimate of drug-likeness (QED) is 0.745. The van der Waals surface area contributed by atoms with E-state index < -0.39 is 0 Å². The maximum absolute atomic E-state index is 12.2. The van der Waals surface area contributed by atoms with Crippen LogP contribution in [0.2, 0.25) is 5.02 Å². The summed E-state index contributed by atoms with van der Waals surface area (Å²) in [6.45, 7) is 2.41. The van der Waals surface area contributed by atoms with Crippen LogP contribution in [0.4, 0.5) is 0 Å². The Kier molecular flexibility index (Phi) is 8.30. The van der Waals surface area contributed by atoms with Crippen LogP contribution in [-0.4, -0.2) is 67.8 Å². The zero-order valence-corrected chi connectivity index (χ0v) is 13.3. The fourth-order valence-electron chi connectivity index (χ4n) is 1.94. The number of aliphatic hydroxyl groups excluding tert-OH is 1. The minimum absolute atomic E-state index is 0.000437. The fraction of sp³-hybridized carbons (Fsp3) is 0.533. The van der Waals surface area contributed by atoms with Crippen LogP contribution in [-0.2, 0) is 16.1 Å². The molecule has 0 saturated carbocycles. The molecule has 0 unspecified atom stereocenters. The molecule has 0 aliphatic carbocycles.